The summed E-state index contributed by atoms with van der Waals surface area (Å²) in [6.45, 7) is 0.321. The highest BCUT2D eigenvalue weighted by Gasteiger charge is 2.17. The van der Waals surface area contributed by atoms with E-state index in [0.717, 1.165) is 11.6 Å². The number of benzene rings is 2. The van der Waals surface area contributed by atoms with E-state index in [1.807, 2.05) is 0 Å². The van der Waals surface area contributed by atoms with Crippen LogP contribution in [0.15, 0.2) is 30.3 Å². The molecule has 1 amide bonds. The van der Waals surface area contributed by atoms with Gasteiger partial charge in [-0.25, -0.2) is 13.2 Å². The fraction of sp³-hybridized carbons (Fsp3) is 0.188. The molecule has 0 spiro atoms. The van der Waals surface area contributed by atoms with Crippen molar-refractivity contribution in [3.8, 4) is 5.75 Å². The smallest absolute Gasteiger partial charge is 0.251 e. The van der Waals surface area contributed by atoms with E-state index >= 15 is 0 Å². The molecule has 1 aliphatic heterocycles. The zero-order valence-electron chi connectivity index (χ0n) is 11.5. The molecular weight excluding hydrogens is 295 g/mol. The lowest BCUT2D eigenvalue weighted by Gasteiger charge is -2.17. The first kappa shape index (κ1) is 14.4. The molecule has 1 heterocycles. The van der Waals surface area contributed by atoms with Gasteiger partial charge in [0.15, 0.2) is 11.6 Å². The number of hydrogen-bond acceptors (Lipinski definition) is 2. The van der Waals surface area contributed by atoms with E-state index in [2.05, 4.69) is 5.32 Å². The fourth-order valence-corrected chi connectivity index (χ4v) is 2.33. The van der Waals surface area contributed by atoms with Crippen molar-refractivity contribution in [1.29, 1.82) is 0 Å². The third kappa shape index (κ3) is 2.77. The highest BCUT2D eigenvalue weighted by molar-refractivity contribution is 5.96. The van der Waals surface area contributed by atoms with E-state index < -0.39 is 17.5 Å². The van der Waals surface area contributed by atoms with Crippen molar-refractivity contribution in [2.45, 2.75) is 13.0 Å². The monoisotopic (exact) mass is 307 g/mol. The van der Waals surface area contributed by atoms with Gasteiger partial charge < -0.3 is 10.1 Å². The van der Waals surface area contributed by atoms with Crippen LogP contribution in [-0.2, 0) is 13.0 Å². The van der Waals surface area contributed by atoms with Crippen LogP contribution in [0.25, 0.3) is 0 Å². The quantitative estimate of drug-likeness (QED) is 0.885. The Morgan fingerprint density at radius 3 is 2.64 bits per heavy atom. The van der Waals surface area contributed by atoms with Crippen LogP contribution in [0.4, 0.5) is 13.2 Å². The zero-order valence-corrected chi connectivity index (χ0v) is 11.5. The largest absolute Gasteiger partial charge is 0.489 e. The van der Waals surface area contributed by atoms with Gasteiger partial charge >= 0.3 is 0 Å². The van der Waals surface area contributed by atoms with Crippen LogP contribution < -0.4 is 10.1 Å². The summed E-state index contributed by atoms with van der Waals surface area (Å²) < 4.78 is 44.9. The van der Waals surface area contributed by atoms with Crippen LogP contribution >= 0.6 is 0 Å². The summed E-state index contributed by atoms with van der Waals surface area (Å²) in [4.78, 5) is 11.6. The van der Waals surface area contributed by atoms with Gasteiger partial charge in [-0.3, -0.25) is 4.79 Å². The second-order valence-corrected chi connectivity index (χ2v) is 4.97. The first-order chi connectivity index (χ1) is 10.5. The summed E-state index contributed by atoms with van der Waals surface area (Å²) in [5.41, 5.74) is 1.35. The average molecular weight is 307 g/mol. The molecule has 0 aliphatic carbocycles. The SMILES string of the molecule is O=C1NCCc2cc(OCc3cc(F)c(F)cc3F)ccc21. The molecule has 3 nitrogen and oxygen atoms in total. The van der Waals surface area contributed by atoms with Gasteiger partial charge in [0.05, 0.1) is 0 Å². The van der Waals surface area contributed by atoms with Crippen molar-refractivity contribution in [2.24, 2.45) is 0 Å². The Labute approximate surface area is 124 Å². The Morgan fingerprint density at radius 2 is 1.82 bits per heavy atom. The molecule has 3 rings (SSSR count). The molecule has 22 heavy (non-hydrogen) atoms. The Hall–Kier alpha value is -2.50. The Balaban J connectivity index is 1.77. The van der Waals surface area contributed by atoms with Gasteiger partial charge in [0.1, 0.15) is 18.2 Å². The lowest BCUT2D eigenvalue weighted by molar-refractivity contribution is 0.0946. The predicted molar refractivity (Wildman–Crippen MR) is 73.1 cm³/mol. The first-order valence-electron chi connectivity index (χ1n) is 6.72. The molecule has 2 aromatic carbocycles. The molecule has 0 atom stereocenters. The number of hydrogen-bond donors (Lipinski definition) is 1. The molecule has 1 aliphatic rings. The van der Waals surface area contributed by atoms with E-state index in [-0.39, 0.29) is 18.1 Å². The summed E-state index contributed by atoms with van der Waals surface area (Å²) in [7, 11) is 0. The van der Waals surface area contributed by atoms with Gasteiger partial charge in [-0.05, 0) is 36.2 Å². The van der Waals surface area contributed by atoms with E-state index in [1.54, 1.807) is 18.2 Å². The van der Waals surface area contributed by atoms with Crippen molar-refractivity contribution in [1.82, 2.24) is 5.32 Å². The van der Waals surface area contributed by atoms with Crippen molar-refractivity contribution >= 4 is 5.91 Å². The van der Waals surface area contributed by atoms with E-state index in [9.17, 15) is 18.0 Å². The van der Waals surface area contributed by atoms with Crippen LogP contribution in [0, 0.1) is 17.5 Å². The first-order valence-corrected chi connectivity index (χ1v) is 6.72. The van der Waals surface area contributed by atoms with Crippen LogP contribution in [-0.4, -0.2) is 12.5 Å². The highest BCUT2D eigenvalue weighted by atomic mass is 19.2. The topological polar surface area (TPSA) is 38.3 Å². The molecule has 1 N–H and O–H groups in total. The minimum absolute atomic E-state index is 0.0747. The Bertz CT molecular complexity index is 746. The van der Waals surface area contributed by atoms with Gasteiger partial charge in [-0.15, -0.1) is 0 Å². The van der Waals surface area contributed by atoms with Crippen molar-refractivity contribution < 1.29 is 22.7 Å². The summed E-state index contributed by atoms with van der Waals surface area (Å²) >= 11 is 0. The van der Waals surface area contributed by atoms with Gasteiger partial charge in [-0.2, -0.15) is 0 Å². The van der Waals surface area contributed by atoms with E-state index in [0.29, 0.717) is 30.3 Å². The fourth-order valence-electron chi connectivity index (χ4n) is 2.33. The Kier molecular flexibility index (Phi) is 3.75. The molecular formula is C16H12F3NO2. The molecule has 6 heteroatoms. The minimum Gasteiger partial charge on any atom is -0.489 e. The number of nitrogens with one attached hydrogen (secondary N) is 1. The van der Waals surface area contributed by atoms with Crippen LogP contribution in [0.5, 0.6) is 5.75 Å². The third-order valence-corrected chi connectivity index (χ3v) is 3.48. The molecule has 0 saturated heterocycles. The molecule has 114 valence electrons. The number of carbonyl (C=O) groups excluding carboxylic acids is 1. The molecule has 0 radical (unpaired) electrons. The molecule has 0 fully saturated rings. The van der Waals surface area contributed by atoms with E-state index in [4.69, 9.17) is 4.74 Å². The van der Waals surface area contributed by atoms with Gasteiger partial charge in [0, 0.05) is 23.7 Å². The number of fused-ring (bicyclic) bond motifs is 1. The minimum atomic E-state index is -1.24. The number of carbonyl (C=O) groups is 1. The third-order valence-electron chi connectivity index (χ3n) is 3.48. The van der Waals surface area contributed by atoms with Crippen LogP contribution in [0.3, 0.4) is 0 Å². The van der Waals surface area contributed by atoms with Gasteiger partial charge in [-0.1, -0.05) is 0 Å². The second kappa shape index (κ2) is 5.71. The molecule has 0 unspecified atom stereocenters. The molecule has 0 aromatic heterocycles. The standard InChI is InChI=1S/C16H12F3NO2/c17-13-7-15(19)14(18)6-10(13)8-22-11-1-2-12-9(5-11)3-4-20-16(12)21/h1-2,5-7H,3-4,8H2,(H,20,21). The highest BCUT2D eigenvalue weighted by Crippen LogP contribution is 2.22. The molecule has 0 bridgehead atoms. The van der Waals surface area contributed by atoms with Crippen molar-refractivity contribution in [3.63, 3.8) is 0 Å². The van der Waals surface area contributed by atoms with Gasteiger partial charge in [0.25, 0.3) is 5.91 Å². The summed E-state index contributed by atoms with van der Waals surface area (Å²) in [6.07, 6.45) is 0.678. The number of amides is 1. The summed E-state index contributed by atoms with van der Waals surface area (Å²) in [5.74, 6) is -2.92. The molecule has 0 saturated carbocycles. The average Bonchev–Trinajstić information content (AvgIpc) is 2.50. The maximum absolute atomic E-state index is 13.5. The number of rotatable bonds is 3. The number of halogens is 3. The summed E-state index contributed by atoms with van der Waals surface area (Å²) in [5, 5.41) is 2.73. The zero-order chi connectivity index (χ0) is 15.7. The molecule has 2 aromatic rings. The van der Waals surface area contributed by atoms with E-state index in [1.165, 1.54) is 0 Å². The maximum Gasteiger partial charge on any atom is 0.251 e. The number of ether oxygens (including phenoxy) is 1. The maximum atomic E-state index is 13.5. The van der Waals surface area contributed by atoms with Crippen molar-refractivity contribution in [2.75, 3.05) is 6.54 Å². The van der Waals surface area contributed by atoms with Crippen LogP contribution in [0.2, 0.25) is 0 Å². The Morgan fingerprint density at radius 1 is 1.05 bits per heavy atom. The second-order valence-electron chi connectivity index (χ2n) is 4.97. The lowest BCUT2D eigenvalue weighted by atomic mass is 10.0. The summed E-state index contributed by atoms with van der Waals surface area (Å²) in [6, 6.07) is 6.18. The lowest BCUT2D eigenvalue weighted by Crippen LogP contribution is -2.31. The van der Waals surface area contributed by atoms with Crippen molar-refractivity contribution in [3.05, 3.63) is 64.5 Å². The van der Waals surface area contributed by atoms with Crippen LogP contribution in [0.1, 0.15) is 21.5 Å². The van der Waals surface area contributed by atoms with Gasteiger partial charge in [0.2, 0.25) is 0 Å². The normalized spacial score (nSPS) is 13.5. The predicted octanol–water partition coefficient (Wildman–Crippen LogP) is 2.97.